The first kappa shape index (κ1) is 22.8. The Hall–Kier alpha value is -2.90. The second kappa shape index (κ2) is 11.5. The lowest BCUT2D eigenvalue weighted by Gasteiger charge is -2.14. The van der Waals surface area contributed by atoms with Crippen molar-refractivity contribution in [1.29, 1.82) is 0 Å². The Balaban J connectivity index is 1.39. The van der Waals surface area contributed by atoms with Crippen LogP contribution in [0.4, 0.5) is 5.69 Å². The first-order valence-electron chi connectivity index (χ1n) is 10.4. The van der Waals surface area contributed by atoms with Gasteiger partial charge in [-0.15, -0.1) is 0 Å². The summed E-state index contributed by atoms with van der Waals surface area (Å²) < 4.78 is 0. The molecule has 31 heavy (non-hydrogen) atoms. The van der Waals surface area contributed by atoms with Gasteiger partial charge in [-0.2, -0.15) is 0 Å². The molecular formula is C25H30N2O4. The molecule has 0 amide bonds. The number of phenols is 1. The maximum atomic E-state index is 10.3. The van der Waals surface area contributed by atoms with Gasteiger partial charge in [0.05, 0.1) is 18.8 Å². The van der Waals surface area contributed by atoms with Crippen LogP contribution in [0.5, 0.6) is 5.75 Å². The lowest BCUT2D eigenvalue weighted by molar-refractivity contribution is 0.174. The van der Waals surface area contributed by atoms with E-state index in [4.69, 9.17) is 0 Å². The summed E-state index contributed by atoms with van der Waals surface area (Å²) in [5.41, 5.74) is 4.07. The van der Waals surface area contributed by atoms with E-state index < -0.39 is 12.2 Å². The summed E-state index contributed by atoms with van der Waals surface area (Å²) in [4.78, 5) is 0. The highest BCUT2D eigenvalue weighted by molar-refractivity contribution is 5.45. The quantitative estimate of drug-likeness (QED) is 0.266. The van der Waals surface area contributed by atoms with Crippen molar-refractivity contribution in [2.24, 2.45) is 0 Å². The van der Waals surface area contributed by atoms with E-state index in [-0.39, 0.29) is 12.4 Å². The van der Waals surface area contributed by atoms with Gasteiger partial charge >= 0.3 is 0 Å². The second-order valence-electron chi connectivity index (χ2n) is 7.52. The Bertz CT molecular complexity index is 932. The highest BCUT2D eigenvalue weighted by Crippen LogP contribution is 2.22. The minimum atomic E-state index is -0.714. The molecule has 6 N–H and O–H groups in total. The molecule has 0 spiro atoms. The van der Waals surface area contributed by atoms with Gasteiger partial charge in [0, 0.05) is 24.3 Å². The summed E-state index contributed by atoms with van der Waals surface area (Å²) in [5.74, 6) is 0.0268. The van der Waals surface area contributed by atoms with Crippen LogP contribution >= 0.6 is 0 Å². The number of aromatic hydroxyl groups is 1. The van der Waals surface area contributed by atoms with E-state index in [1.807, 2.05) is 54.6 Å². The standard InChI is InChI=1S/C25H30N2O4/c28-17-21-14-20(8-11-23(21)29)24(30)15-26-13-12-18-6-9-22(10-7-18)27-16-25(31)19-4-2-1-3-5-19/h1-11,14,24-31H,12-13,15-17H2/t24?,25-/m1/s1. The molecule has 6 nitrogen and oxygen atoms in total. The van der Waals surface area contributed by atoms with Gasteiger partial charge in [0.25, 0.3) is 0 Å². The van der Waals surface area contributed by atoms with Crippen molar-refractivity contribution < 1.29 is 20.4 Å². The number of nitrogens with one attached hydrogen (secondary N) is 2. The van der Waals surface area contributed by atoms with Crippen LogP contribution in [0.25, 0.3) is 0 Å². The average Bonchev–Trinajstić information content (AvgIpc) is 2.81. The minimum absolute atomic E-state index is 0.0268. The molecule has 0 aliphatic carbocycles. The average molecular weight is 423 g/mol. The van der Waals surface area contributed by atoms with Crippen molar-refractivity contribution in [1.82, 2.24) is 5.32 Å². The number of aliphatic hydroxyl groups is 3. The topological polar surface area (TPSA) is 105 Å². The third-order valence-electron chi connectivity index (χ3n) is 5.22. The SMILES string of the molecule is OCc1cc(C(O)CNCCc2ccc(NC[C@@H](O)c3ccccc3)cc2)ccc1O. The van der Waals surface area contributed by atoms with Crippen LogP contribution in [0, 0.1) is 0 Å². The smallest absolute Gasteiger partial charge is 0.121 e. The van der Waals surface area contributed by atoms with Gasteiger partial charge in [-0.05, 0) is 53.9 Å². The van der Waals surface area contributed by atoms with Crippen molar-refractivity contribution in [2.45, 2.75) is 25.2 Å². The molecule has 0 saturated heterocycles. The van der Waals surface area contributed by atoms with E-state index in [0.717, 1.165) is 17.7 Å². The van der Waals surface area contributed by atoms with E-state index in [9.17, 15) is 20.4 Å². The van der Waals surface area contributed by atoms with Crippen LogP contribution in [0.1, 0.15) is 34.5 Å². The fraction of sp³-hybridized carbons (Fsp3) is 0.280. The Labute approximate surface area is 182 Å². The molecule has 0 fully saturated rings. The van der Waals surface area contributed by atoms with Crippen LogP contribution in [0.15, 0.2) is 72.8 Å². The first-order valence-corrected chi connectivity index (χ1v) is 10.4. The highest BCUT2D eigenvalue weighted by Gasteiger charge is 2.10. The monoisotopic (exact) mass is 422 g/mol. The van der Waals surface area contributed by atoms with Crippen LogP contribution in [-0.4, -0.2) is 40.1 Å². The summed E-state index contributed by atoms with van der Waals surface area (Å²) in [6.45, 7) is 1.27. The first-order chi connectivity index (χ1) is 15.1. The molecule has 6 heteroatoms. The molecule has 0 aromatic heterocycles. The third-order valence-corrected chi connectivity index (χ3v) is 5.22. The summed E-state index contributed by atoms with van der Waals surface area (Å²) in [6.07, 6.45) is -0.455. The van der Waals surface area contributed by atoms with E-state index in [1.165, 1.54) is 11.6 Å². The highest BCUT2D eigenvalue weighted by atomic mass is 16.3. The van der Waals surface area contributed by atoms with Crippen LogP contribution in [0.2, 0.25) is 0 Å². The zero-order valence-electron chi connectivity index (χ0n) is 17.4. The third kappa shape index (κ3) is 6.80. The number of hydrogen-bond donors (Lipinski definition) is 6. The van der Waals surface area contributed by atoms with Gasteiger partial charge in [0.1, 0.15) is 5.75 Å². The predicted molar refractivity (Wildman–Crippen MR) is 122 cm³/mol. The van der Waals surface area contributed by atoms with Crippen molar-refractivity contribution in [3.05, 3.63) is 95.1 Å². The number of aliphatic hydroxyl groups excluding tert-OH is 3. The van der Waals surface area contributed by atoms with E-state index in [2.05, 4.69) is 10.6 Å². The van der Waals surface area contributed by atoms with Crippen LogP contribution in [0.3, 0.4) is 0 Å². The van der Waals surface area contributed by atoms with Gasteiger partial charge in [-0.3, -0.25) is 0 Å². The Morgan fingerprint density at radius 1 is 0.774 bits per heavy atom. The molecular weight excluding hydrogens is 392 g/mol. The fourth-order valence-corrected chi connectivity index (χ4v) is 3.33. The lowest BCUT2D eigenvalue weighted by atomic mass is 10.1. The molecule has 164 valence electrons. The van der Waals surface area contributed by atoms with Crippen LogP contribution in [-0.2, 0) is 13.0 Å². The Morgan fingerprint density at radius 2 is 1.48 bits per heavy atom. The number of benzene rings is 3. The molecule has 0 aliphatic heterocycles. The van der Waals surface area contributed by atoms with Gasteiger partial charge in [0.15, 0.2) is 0 Å². The van der Waals surface area contributed by atoms with Crippen molar-refractivity contribution in [3.8, 4) is 5.75 Å². The fourth-order valence-electron chi connectivity index (χ4n) is 3.33. The van der Waals surface area contributed by atoms with Crippen molar-refractivity contribution in [3.63, 3.8) is 0 Å². The summed E-state index contributed by atoms with van der Waals surface area (Å²) in [5, 5.41) is 45.9. The maximum absolute atomic E-state index is 10.3. The zero-order chi connectivity index (χ0) is 22.1. The Kier molecular flexibility index (Phi) is 8.44. The van der Waals surface area contributed by atoms with Crippen molar-refractivity contribution in [2.75, 3.05) is 25.0 Å². The summed E-state index contributed by atoms with van der Waals surface area (Å²) >= 11 is 0. The van der Waals surface area contributed by atoms with Gasteiger partial charge < -0.3 is 31.1 Å². The maximum Gasteiger partial charge on any atom is 0.121 e. The molecule has 0 saturated carbocycles. The summed E-state index contributed by atoms with van der Waals surface area (Å²) in [6, 6.07) is 22.4. The molecule has 0 heterocycles. The normalized spacial score (nSPS) is 13.0. The largest absolute Gasteiger partial charge is 0.508 e. The molecule has 3 aromatic carbocycles. The van der Waals surface area contributed by atoms with Gasteiger partial charge in [0.2, 0.25) is 0 Å². The van der Waals surface area contributed by atoms with Gasteiger partial charge in [-0.25, -0.2) is 0 Å². The van der Waals surface area contributed by atoms with E-state index in [0.29, 0.717) is 30.8 Å². The molecule has 0 aliphatic rings. The number of rotatable bonds is 11. The molecule has 0 radical (unpaired) electrons. The van der Waals surface area contributed by atoms with E-state index >= 15 is 0 Å². The zero-order valence-corrected chi connectivity index (χ0v) is 17.4. The van der Waals surface area contributed by atoms with Gasteiger partial charge in [-0.1, -0.05) is 48.5 Å². The number of anilines is 1. The second-order valence-corrected chi connectivity index (χ2v) is 7.52. The lowest BCUT2D eigenvalue weighted by Crippen LogP contribution is -2.23. The molecule has 2 atom stereocenters. The molecule has 3 rings (SSSR count). The molecule has 1 unspecified atom stereocenters. The van der Waals surface area contributed by atoms with E-state index in [1.54, 1.807) is 12.1 Å². The molecule has 3 aromatic rings. The van der Waals surface area contributed by atoms with Crippen LogP contribution < -0.4 is 10.6 Å². The minimum Gasteiger partial charge on any atom is -0.508 e. The predicted octanol–water partition coefficient (Wildman–Crippen LogP) is 2.90. The van der Waals surface area contributed by atoms with Crippen molar-refractivity contribution >= 4 is 5.69 Å². The molecule has 0 bridgehead atoms. The number of hydrogen-bond acceptors (Lipinski definition) is 6. The Morgan fingerprint density at radius 3 is 2.19 bits per heavy atom. The summed E-state index contributed by atoms with van der Waals surface area (Å²) in [7, 11) is 0.